The molecule has 1 aromatic heterocycles. The van der Waals surface area contributed by atoms with Crippen molar-refractivity contribution in [2.24, 2.45) is 7.05 Å². The number of hydrogen-bond acceptors (Lipinski definition) is 1. The zero-order valence-corrected chi connectivity index (χ0v) is 9.17. The maximum Gasteiger partial charge on any atom is 0.139 e. The van der Waals surface area contributed by atoms with Crippen LogP contribution in [0.4, 0.5) is 8.78 Å². The highest BCUT2D eigenvalue weighted by Gasteiger charge is 2.12. The number of aryl methyl sites for hydroxylation is 1. The van der Waals surface area contributed by atoms with Crippen LogP contribution in [-0.4, -0.2) is 9.55 Å². The molecular weight excluding hydrogens is 210 g/mol. The monoisotopic (exact) mass is 222 g/mol. The standard InChI is InChI=1S/C12H12F2N2/c1-3-9-10(13)6-8(7-11(9)14)12-15-4-5-16(12)2/h4-7H,3H2,1-2H3. The number of aromatic nitrogens is 2. The van der Waals surface area contributed by atoms with Crippen molar-refractivity contribution in [3.8, 4) is 11.4 Å². The van der Waals surface area contributed by atoms with Gasteiger partial charge in [-0.3, -0.25) is 0 Å². The molecule has 0 amide bonds. The zero-order chi connectivity index (χ0) is 11.7. The Morgan fingerprint density at radius 2 is 1.88 bits per heavy atom. The molecular formula is C12H12F2N2. The van der Waals surface area contributed by atoms with E-state index in [2.05, 4.69) is 4.98 Å². The Hall–Kier alpha value is -1.71. The highest BCUT2D eigenvalue weighted by atomic mass is 19.1. The first-order valence-electron chi connectivity index (χ1n) is 5.09. The second-order valence-electron chi connectivity index (χ2n) is 3.63. The van der Waals surface area contributed by atoms with Crippen LogP contribution < -0.4 is 0 Å². The molecule has 0 radical (unpaired) electrons. The van der Waals surface area contributed by atoms with Crippen molar-refractivity contribution in [1.82, 2.24) is 9.55 Å². The van der Waals surface area contributed by atoms with Gasteiger partial charge < -0.3 is 4.57 Å². The fraction of sp³-hybridized carbons (Fsp3) is 0.250. The molecule has 0 aliphatic carbocycles. The lowest BCUT2D eigenvalue weighted by molar-refractivity contribution is 0.559. The van der Waals surface area contributed by atoms with Gasteiger partial charge >= 0.3 is 0 Å². The second kappa shape index (κ2) is 4.04. The molecule has 0 saturated carbocycles. The van der Waals surface area contributed by atoms with Gasteiger partial charge in [0.05, 0.1) is 0 Å². The highest BCUT2D eigenvalue weighted by Crippen LogP contribution is 2.23. The smallest absolute Gasteiger partial charge is 0.139 e. The van der Waals surface area contributed by atoms with E-state index in [0.29, 0.717) is 17.8 Å². The van der Waals surface area contributed by atoms with E-state index in [0.717, 1.165) is 0 Å². The van der Waals surface area contributed by atoms with Crippen LogP contribution in [0.25, 0.3) is 11.4 Å². The Morgan fingerprint density at radius 3 is 2.31 bits per heavy atom. The third kappa shape index (κ3) is 1.71. The van der Waals surface area contributed by atoms with E-state index in [1.165, 1.54) is 12.1 Å². The van der Waals surface area contributed by atoms with Gasteiger partial charge in [-0.25, -0.2) is 13.8 Å². The van der Waals surface area contributed by atoms with Crippen LogP contribution in [-0.2, 0) is 13.5 Å². The van der Waals surface area contributed by atoms with Gasteiger partial charge in [-0.15, -0.1) is 0 Å². The summed E-state index contributed by atoms with van der Waals surface area (Å²) >= 11 is 0. The molecule has 84 valence electrons. The Kier molecular flexibility index (Phi) is 2.73. The van der Waals surface area contributed by atoms with Crippen LogP contribution in [0.2, 0.25) is 0 Å². The van der Waals surface area contributed by atoms with Gasteiger partial charge in [-0.2, -0.15) is 0 Å². The van der Waals surface area contributed by atoms with Gasteiger partial charge in [0.15, 0.2) is 0 Å². The molecule has 2 aromatic rings. The molecule has 4 heteroatoms. The van der Waals surface area contributed by atoms with Gasteiger partial charge in [0.1, 0.15) is 17.5 Å². The minimum Gasteiger partial charge on any atom is -0.334 e. The Labute approximate surface area is 92.6 Å². The molecule has 0 aliphatic heterocycles. The van der Waals surface area contributed by atoms with Crippen LogP contribution in [0.15, 0.2) is 24.5 Å². The number of halogens is 2. The first-order chi connectivity index (χ1) is 7.63. The third-order valence-corrected chi connectivity index (χ3v) is 2.57. The van der Waals surface area contributed by atoms with E-state index < -0.39 is 11.6 Å². The van der Waals surface area contributed by atoms with Crippen molar-refractivity contribution in [3.63, 3.8) is 0 Å². The minimum atomic E-state index is -0.513. The topological polar surface area (TPSA) is 17.8 Å². The molecule has 0 fully saturated rings. The second-order valence-corrected chi connectivity index (χ2v) is 3.63. The van der Waals surface area contributed by atoms with Crippen molar-refractivity contribution in [1.29, 1.82) is 0 Å². The quantitative estimate of drug-likeness (QED) is 0.763. The van der Waals surface area contributed by atoms with Crippen LogP contribution in [0, 0.1) is 11.6 Å². The highest BCUT2D eigenvalue weighted by molar-refractivity contribution is 5.56. The van der Waals surface area contributed by atoms with E-state index in [-0.39, 0.29) is 5.56 Å². The molecule has 0 aliphatic rings. The van der Waals surface area contributed by atoms with Gasteiger partial charge in [0.25, 0.3) is 0 Å². The molecule has 1 heterocycles. The van der Waals surface area contributed by atoms with E-state index in [4.69, 9.17) is 0 Å². The molecule has 0 N–H and O–H groups in total. The molecule has 2 nitrogen and oxygen atoms in total. The molecule has 0 unspecified atom stereocenters. The van der Waals surface area contributed by atoms with E-state index in [1.54, 1.807) is 30.9 Å². The van der Waals surface area contributed by atoms with Crippen LogP contribution in [0.5, 0.6) is 0 Å². The summed E-state index contributed by atoms with van der Waals surface area (Å²) < 4.78 is 28.8. The van der Waals surface area contributed by atoms with Crippen LogP contribution in [0.1, 0.15) is 12.5 Å². The molecule has 0 atom stereocenters. The van der Waals surface area contributed by atoms with Gasteiger partial charge in [0.2, 0.25) is 0 Å². The summed E-state index contributed by atoms with van der Waals surface area (Å²) in [6, 6.07) is 2.65. The molecule has 2 rings (SSSR count). The van der Waals surface area contributed by atoms with E-state index in [1.807, 2.05) is 0 Å². The van der Waals surface area contributed by atoms with Crippen molar-refractivity contribution >= 4 is 0 Å². The minimum absolute atomic E-state index is 0.123. The lowest BCUT2D eigenvalue weighted by Crippen LogP contribution is -1.98. The molecule has 0 spiro atoms. The van der Waals surface area contributed by atoms with Gasteiger partial charge in [-0.05, 0) is 18.6 Å². The largest absolute Gasteiger partial charge is 0.334 e. The average Bonchev–Trinajstić information content (AvgIpc) is 2.64. The van der Waals surface area contributed by atoms with Gasteiger partial charge in [0, 0.05) is 30.6 Å². The van der Waals surface area contributed by atoms with Crippen molar-refractivity contribution in [2.45, 2.75) is 13.3 Å². The van der Waals surface area contributed by atoms with Crippen molar-refractivity contribution in [2.75, 3.05) is 0 Å². The predicted octanol–water partition coefficient (Wildman–Crippen LogP) is 2.93. The molecule has 16 heavy (non-hydrogen) atoms. The normalized spacial score (nSPS) is 10.8. The number of benzene rings is 1. The summed E-state index contributed by atoms with van der Waals surface area (Å²) in [5, 5.41) is 0. The fourth-order valence-electron chi connectivity index (χ4n) is 1.71. The summed E-state index contributed by atoms with van der Waals surface area (Å²) in [6.07, 6.45) is 3.68. The average molecular weight is 222 g/mol. The first kappa shape index (κ1) is 10.8. The predicted molar refractivity (Wildman–Crippen MR) is 57.9 cm³/mol. The maximum atomic E-state index is 13.6. The fourth-order valence-corrected chi connectivity index (χ4v) is 1.71. The zero-order valence-electron chi connectivity index (χ0n) is 9.17. The Balaban J connectivity index is 2.57. The molecule has 0 bridgehead atoms. The summed E-state index contributed by atoms with van der Waals surface area (Å²) in [6.45, 7) is 1.72. The van der Waals surface area contributed by atoms with Crippen LogP contribution >= 0.6 is 0 Å². The lowest BCUT2D eigenvalue weighted by Gasteiger charge is -2.06. The molecule has 1 aromatic carbocycles. The summed E-state index contributed by atoms with van der Waals surface area (Å²) in [4.78, 5) is 4.05. The lowest BCUT2D eigenvalue weighted by atomic mass is 10.1. The summed E-state index contributed by atoms with van der Waals surface area (Å²) in [5.41, 5.74) is 0.581. The molecule has 0 saturated heterocycles. The number of nitrogens with zero attached hydrogens (tertiary/aromatic N) is 2. The van der Waals surface area contributed by atoms with E-state index in [9.17, 15) is 8.78 Å². The number of rotatable bonds is 2. The van der Waals surface area contributed by atoms with Gasteiger partial charge in [-0.1, -0.05) is 6.92 Å². The number of hydrogen-bond donors (Lipinski definition) is 0. The van der Waals surface area contributed by atoms with Crippen LogP contribution in [0.3, 0.4) is 0 Å². The van der Waals surface area contributed by atoms with Crippen molar-refractivity contribution < 1.29 is 8.78 Å². The Morgan fingerprint density at radius 1 is 1.25 bits per heavy atom. The van der Waals surface area contributed by atoms with Crippen molar-refractivity contribution in [3.05, 3.63) is 41.7 Å². The summed E-state index contributed by atoms with van der Waals surface area (Å²) in [7, 11) is 1.78. The number of imidazole rings is 1. The first-order valence-corrected chi connectivity index (χ1v) is 5.09. The maximum absolute atomic E-state index is 13.6. The third-order valence-electron chi connectivity index (χ3n) is 2.57. The summed E-state index contributed by atoms with van der Waals surface area (Å²) in [5.74, 6) is -0.471. The van der Waals surface area contributed by atoms with E-state index >= 15 is 0 Å². The SMILES string of the molecule is CCc1c(F)cc(-c2nccn2C)cc1F. The Bertz CT molecular complexity index is 494.